The fraction of sp³-hybridized carbons (Fsp3) is 0.250. The summed E-state index contributed by atoms with van der Waals surface area (Å²) in [5.74, 6) is -0.193. The Balaban J connectivity index is 2.70. The second-order valence-corrected chi connectivity index (χ2v) is 3.93. The molecule has 16 heavy (non-hydrogen) atoms. The standard InChI is InChI=1S/C12H15ClN2O/c1-8-4-5-10(11(13)6-8)12(16)15-7-9(2)14-3/h4-6,14H,2,7H2,1,3H3,(H,15,16). The van der Waals surface area contributed by atoms with Gasteiger partial charge in [0.05, 0.1) is 17.1 Å². The lowest BCUT2D eigenvalue weighted by Gasteiger charge is -2.08. The summed E-state index contributed by atoms with van der Waals surface area (Å²) in [6, 6.07) is 5.34. The molecule has 0 unspecified atom stereocenters. The third-order valence-electron chi connectivity index (χ3n) is 2.19. The Hall–Kier alpha value is -1.48. The summed E-state index contributed by atoms with van der Waals surface area (Å²) in [6.45, 7) is 6.03. The Kier molecular flexibility index (Phi) is 4.38. The van der Waals surface area contributed by atoms with Gasteiger partial charge in [-0.3, -0.25) is 4.79 Å². The summed E-state index contributed by atoms with van der Waals surface area (Å²) in [4.78, 5) is 11.7. The normalized spacial score (nSPS) is 9.69. The highest BCUT2D eigenvalue weighted by Gasteiger charge is 2.09. The number of rotatable bonds is 4. The number of halogens is 1. The number of likely N-dealkylation sites (N-methyl/N-ethyl adjacent to an activating group) is 1. The summed E-state index contributed by atoms with van der Waals surface area (Å²) in [6.07, 6.45) is 0. The van der Waals surface area contributed by atoms with Gasteiger partial charge in [0.2, 0.25) is 0 Å². The molecule has 0 aliphatic heterocycles. The van der Waals surface area contributed by atoms with Crippen LogP contribution in [-0.4, -0.2) is 19.5 Å². The molecule has 4 heteroatoms. The summed E-state index contributed by atoms with van der Waals surface area (Å²) in [5, 5.41) is 6.04. The zero-order chi connectivity index (χ0) is 12.1. The van der Waals surface area contributed by atoms with Crippen molar-refractivity contribution in [2.45, 2.75) is 6.92 Å². The zero-order valence-electron chi connectivity index (χ0n) is 9.43. The summed E-state index contributed by atoms with van der Waals surface area (Å²) in [7, 11) is 1.76. The molecule has 0 bridgehead atoms. The SMILES string of the molecule is C=C(CNC(=O)c1ccc(C)cc1Cl)NC. The van der Waals surface area contributed by atoms with E-state index in [1.54, 1.807) is 19.2 Å². The highest BCUT2D eigenvalue weighted by atomic mass is 35.5. The van der Waals surface area contributed by atoms with E-state index in [2.05, 4.69) is 17.2 Å². The van der Waals surface area contributed by atoms with Crippen LogP contribution in [0.15, 0.2) is 30.5 Å². The van der Waals surface area contributed by atoms with Crippen molar-refractivity contribution in [3.05, 3.63) is 46.6 Å². The molecule has 0 radical (unpaired) electrons. The smallest absolute Gasteiger partial charge is 0.253 e. The first-order valence-corrected chi connectivity index (χ1v) is 5.32. The lowest BCUT2D eigenvalue weighted by Crippen LogP contribution is -2.28. The maximum absolute atomic E-state index is 11.7. The van der Waals surface area contributed by atoms with E-state index in [4.69, 9.17) is 11.6 Å². The molecule has 3 nitrogen and oxygen atoms in total. The molecule has 0 fully saturated rings. The van der Waals surface area contributed by atoms with Crippen LogP contribution in [0, 0.1) is 6.92 Å². The van der Waals surface area contributed by atoms with Crippen molar-refractivity contribution in [1.29, 1.82) is 0 Å². The number of hydrogen-bond donors (Lipinski definition) is 2. The maximum Gasteiger partial charge on any atom is 0.253 e. The van der Waals surface area contributed by atoms with E-state index in [0.29, 0.717) is 17.1 Å². The second kappa shape index (κ2) is 5.56. The van der Waals surface area contributed by atoms with Crippen LogP contribution in [0.5, 0.6) is 0 Å². The fourth-order valence-electron chi connectivity index (χ4n) is 1.17. The first-order valence-electron chi connectivity index (χ1n) is 4.94. The van der Waals surface area contributed by atoms with Crippen molar-refractivity contribution in [2.24, 2.45) is 0 Å². The van der Waals surface area contributed by atoms with Gasteiger partial charge in [-0.1, -0.05) is 24.2 Å². The third kappa shape index (κ3) is 3.28. The van der Waals surface area contributed by atoms with E-state index in [1.807, 2.05) is 13.0 Å². The van der Waals surface area contributed by atoms with Gasteiger partial charge in [0.25, 0.3) is 5.91 Å². The van der Waals surface area contributed by atoms with E-state index in [1.165, 1.54) is 0 Å². The van der Waals surface area contributed by atoms with E-state index < -0.39 is 0 Å². The molecule has 0 saturated heterocycles. The first kappa shape index (κ1) is 12.6. The molecular formula is C12H15ClN2O. The van der Waals surface area contributed by atoms with Crippen LogP contribution in [0.4, 0.5) is 0 Å². The van der Waals surface area contributed by atoms with Crippen LogP contribution in [0.3, 0.4) is 0 Å². The van der Waals surface area contributed by atoms with Gasteiger partial charge in [-0.2, -0.15) is 0 Å². The first-order chi connectivity index (χ1) is 7.54. The Morgan fingerprint density at radius 1 is 1.50 bits per heavy atom. The molecule has 1 rings (SSSR count). The topological polar surface area (TPSA) is 41.1 Å². The highest BCUT2D eigenvalue weighted by molar-refractivity contribution is 6.33. The van der Waals surface area contributed by atoms with Gasteiger partial charge in [0, 0.05) is 12.7 Å². The largest absolute Gasteiger partial charge is 0.390 e. The average Bonchev–Trinajstić information content (AvgIpc) is 2.25. The Morgan fingerprint density at radius 2 is 2.19 bits per heavy atom. The van der Waals surface area contributed by atoms with E-state index in [0.717, 1.165) is 11.3 Å². The van der Waals surface area contributed by atoms with Crippen molar-refractivity contribution >= 4 is 17.5 Å². The Bertz CT molecular complexity index is 415. The van der Waals surface area contributed by atoms with Gasteiger partial charge in [0.1, 0.15) is 0 Å². The number of carbonyl (C=O) groups is 1. The van der Waals surface area contributed by atoms with Crippen LogP contribution in [0.2, 0.25) is 5.02 Å². The molecule has 0 aromatic heterocycles. The molecule has 86 valence electrons. The molecule has 0 heterocycles. The number of carbonyl (C=O) groups excluding carboxylic acids is 1. The molecule has 1 amide bonds. The van der Waals surface area contributed by atoms with E-state index >= 15 is 0 Å². The quantitative estimate of drug-likeness (QED) is 0.844. The molecule has 0 aliphatic carbocycles. The highest BCUT2D eigenvalue weighted by Crippen LogP contribution is 2.17. The predicted molar refractivity (Wildman–Crippen MR) is 66.7 cm³/mol. The van der Waals surface area contributed by atoms with Gasteiger partial charge >= 0.3 is 0 Å². The predicted octanol–water partition coefficient (Wildman–Crippen LogP) is 2.11. The maximum atomic E-state index is 11.7. The molecule has 2 N–H and O–H groups in total. The zero-order valence-corrected chi connectivity index (χ0v) is 10.2. The number of nitrogens with one attached hydrogen (secondary N) is 2. The lowest BCUT2D eigenvalue weighted by molar-refractivity contribution is 0.0956. The molecular weight excluding hydrogens is 224 g/mol. The fourth-order valence-corrected chi connectivity index (χ4v) is 1.50. The van der Waals surface area contributed by atoms with E-state index in [9.17, 15) is 4.79 Å². The summed E-state index contributed by atoms with van der Waals surface area (Å²) >= 11 is 5.97. The van der Waals surface area contributed by atoms with Gasteiger partial charge in [-0.25, -0.2) is 0 Å². The van der Waals surface area contributed by atoms with Crippen molar-refractivity contribution in [1.82, 2.24) is 10.6 Å². The third-order valence-corrected chi connectivity index (χ3v) is 2.50. The van der Waals surface area contributed by atoms with Crippen LogP contribution in [0.25, 0.3) is 0 Å². The van der Waals surface area contributed by atoms with E-state index in [-0.39, 0.29) is 5.91 Å². The minimum absolute atomic E-state index is 0.193. The number of aryl methyl sites for hydroxylation is 1. The minimum atomic E-state index is -0.193. The lowest BCUT2D eigenvalue weighted by atomic mass is 10.1. The van der Waals surface area contributed by atoms with Crippen molar-refractivity contribution in [3.63, 3.8) is 0 Å². The van der Waals surface area contributed by atoms with Gasteiger partial charge in [-0.15, -0.1) is 0 Å². The Labute approximate surface area is 100 Å². The van der Waals surface area contributed by atoms with Crippen LogP contribution >= 0.6 is 11.6 Å². The number of amides is 1. The molecule has 0 aliphatic rings. The Morgan fingerprint density at radius 3 is 2.75 bits per heavy atom. The van der Waals surface area contributed by atoms with Crippen LogP contribution in [0.1, 0.15) is 15.9 Å². The molecule has 0 atom stereocenters. The van der Waals surface area contributed by atoms with Crippen molar-refractivity contribution < 1.29 is 4.79 Å². The van der Waals surface area contributed by atoms with Gasteiger partial charge in [-0.05, 0) is 24.6 Å². The second-order valence-electron chi connectivity index (χ2n) is 3.52. The molecule has 1 aromatic carbocycles. The number of benzene rings is 1. The molecule has 0 saturated carbocycles. The molecule has 1 aromatic rings. The molecule has 0 spiro atoms. The van der Waals surface area contributed by atoms with Crippen LogP contribution < -0.4 is 10.6 Å². The van der Waals surface area contributed by atoms with Crippen molar-refractivity contribution in [3.8, 4) is 0 Å². The minimum Gasteiger partial charge on any atom is -0.390 e. The van der Waals surface area contributed by atoms with Crippen molar-refractivity contribution in [2.75, 3.05) is 13.6 Å². The number of hydrogen-bond acceptors (Lipinski definition) is 2. The summed E-state index contributed by atoms with van der Waals surface area (Å²) < 4.78 is 0. The summed E-state index contributed by atoms with van der Waals surface area (Å²) in [5.41, 5.74) is 2.26. The monoisotopic (exact) mass is 238 g/mol. The average molecular weight is 239 g/mol. The van der Waals surface area contributed by atoms with Gasteiger partial charge in [0.15, 0.2) is 0 Å². The van der Waals surface area contributed by atoms with Gasteiger partial charge < -0.3 is 10.6 Å². The van der Waals surface area contributed by atoms with Crippen LogP contribution in [-0.2, 0) is 0 Å².